The molecule has 0 spiro atoms. The first-order valence-electron chi connectivity index (χ1n) is 8.87. The molecule has 150 valence electrons. The van der Waals surface area contributed by atoms with E-state index in [9.17, 15) is 9.90 Å². The summed E-state index contributed by atoms with van der Waals surface area (Å²) in [5.74, 6) is 1.48. The summed E-state index contributed by atoms with van der Waals surface area (Å²) in [6, 6.07) is 8.55. The van der Waals surface area contributed by atoms with Crippen LogP contribution in [0.1, 0.15) is 15.9 Å². The van der Waals surface area contributed by atoms with Crippen LogP contribution >= 0.6 is 0 Å². The molecule has 29 heavy (non-hydrogen) atoms. The maximum atomic E-state index is 12.7. The molecule has 7 nitrogen and oxygen atoms in total. The number of carbonyl (C=O) groups is 1. The normalized spacial score (nSPS) is 12.5. The Morgan fingerprint density at radius 2 is 1.48 bits per heavy atom. The topological polar surface area (TPSA) is 83.5 Å². The summed E-state index contributed by atoms with van der Waals surface area (Å²) in [5.41, 5.74) is 2.43. The van der Waals surface area contributed by atoms with Crippen LogP contribution in [0, 0.1) is 0 Å². The summed E-state index contributed by atoms with van der Waals surface area (Å²) in [6.45, 7) is 0.115. The Bertz CT molecular complexity index is 1130. The van der Waals surface area contributed by atoms with Gasteiger partial charge >= 0.3 is 5.97 Å². The molecule has 1 N–H and O–H groups in total. The van der Waals surface area contributed by atoms with Crippen molar-refractivity contribution in [3.8, 4) is 39.9 Å². The molecular formula is C22H20O7. The van der Waals surface area contributed by atoms with E-state index in [2.05, 4.69) is 0 Å². The predicted octanol–water partition coefficient (Wildman–Crippen LogP) is 3.92. The standard InChI is InChI=1S/C22H20O7/c1-25-16-7-11(5-6-15(16)23)19-12-8-17(26-2)18(27-3)9-13(12)21(28-4)14-10-29-22(24)20(14)19/h5-9,23H,10H2,1-4H3. The van der Waals surface area contributed by atoms with Gasteiger partial charge in [-0.1, -0.05) is 6.07 Å². The molecule has 4 rings (SSSR count). The van der Waals surface area contributed by atoms with Gasteiger partial charge in [-0.2, -0.15) is 0 Å². The maximum absolute atomic E-state index is 12.7. The molecule has 0 radical (unpaired) electrons. The van der Waals surface area contributed by atoms with Crippen LogP contribution in [-0.4, -0.2) is 39.5 Å². The highest BCUT2D eigenvalue weighted by molar-refractivity contribution is 6.14. The highest BCUT2D eigenvalue weighted by Crippen LogP contribution is 2.48. The molecular weight excluding hydrogens is 376 g/mol. The van der Waals surface area contributed by atoms with Crippen LogP contribution in [0.25, 0.3) is 21.9 Å². The second-order valence-corrected chi connectivity index (χ2v) is 6.48. The number of fused-ring (bicyclic) bond motifs is 2. The molecule has 0 aromatic heterocycles. The van der Waals surface area contributed by atoms with Gasteiger partial charge in [0.05, 0.1) is 34.0 Å². The third kappa shape index (κ3) is 2.77. The van der Waals surface area contributed by atoms with E-state index in [0.717, 1.165) is 10.8 Å². The molecule has 0 aliphatic carbocycles. The van der Waals surface area contributed by atoms with E-state index in [1.807, 2.05) is 6.07 Å². The van der Waals surface area contributed by atoms with Gasteiger partial charge in [0, 0.05) is 16.5 Å². The molecule has 3 aromatic rings. The first kappa shape index (κ1) is 18.7. The van der Waals surface area contributed by atoms with Gasteiger partial charge in [-0.05, 0) is 35.2 Å². The molecule has 1 heterocycles. The van der Waals surface area contributed by atoms with E-state index in [-0.39, 0.29) is 12.4 Å². The number of aromatic hydroxyl groups is 1. The number of phenolic OH excluding ortho intramolecular Hbond substituents is 1. The number of hydrogen-bond acceptors (Lipinski definition) is 7. The number of rotatable bonds is 5. The zero-order valence-electron chi connectivity index (χ0n) is 16.5. The first-order valence-corrected chi connectivity index (χ1v) is 8.87. The number of cyclic esters (lactones) is 1. The molecule has 0 unspecified atom stereocenters. The Hall–Kier alpha value is -3.61. The van der Waals surface area contributed by atoms with E-state index >= 15 is 0 Å². The minimum absolute atomic E-state index is 0.00698. The fourth-order valence-electron chi connectivity index (χ4n) is 3.77. The van der Waals surface area contributed by atoms with Gasteiger partial charge in [0.1, 0.15) is 12.4 Å². The van der Waals surface area contributed by atoms with Crippen molar-refractivity contribution in [2.45, 2.75) is 6.61 Å². The van der Waals surface area contributed by atoms with Gasteiger partial charge in [-0.3, -0.25) is 0 Å². The molecule has 0 bridgehead atoms. The van der Waals surface area contributed by atoms with E-state index in [1.54, 1.807) is 39.5 Å². The SMILES string of the molecule is COc1cc(-c2c3c(c(OC)c4cc(OC)c(OC)cc24)COC3=O)ccc1O. The number of hydrogen-bond donors (Lipinski definition) is 1. The monoisotopic (exact) mass is 396 g/mol. The number of benzene rings is 3. The number of esters is 1. The fourth-order valence-corrected chi connectivity index (χ4v) is 3.77. The third-order valence-corrected chi connectivity index (χ3v) is 5.09. The highest BCUT2D eigenvalue weighted by atomic mass is 16.5. The lowest BCUT2D eigenvalue weighted by Gasteiger charge is -2.18. The minimum atomic E-state index is -0.433. The summed E-state index contributed by atoms with van der Waals surface area (Å²) in [7, 11) is 6.13. The predicted molar refractivity (Wildman–Crippen MR) is 106 cm³/mol. The lowest BCUT2D eigenvalue weighted by Crippen LogP contribution is -2.02. The molecule has 3 aromatic carbocycles. The molecule has 1 aliphatic rings. The molecule has 0 saturated heterocycles. The van der Waals surface area contributed by atoms with Crippen molar-refractivity contribution < 1.29 is 33.6 Å². The second kappa shape index (κ2) is 7.09. The average Bonchev–Trinajstić information content (AvgIpc) is 3.12. The number of methoxy groups -OCH3 is 4. The molecule has 1 aliphatic heterocycles. The quantitative estimate of drug-likeness (QED) is 0.655. The van der Waals surface area contributed by atoms with Gasteiger partial charge in [0.25, 0.3) is 0 Å². The first-order chi connectivity index (χ1) is 14.0. The van der Waals surface area contributed by atoms with Crippen molar-refractivity contribution in [3.63, 3.8) is 0 Å². The molecule has 0 atom stereocenters. The van der Waals surface area contributed by atoms with E-state index in [4.69, 9.17) is 23.7 Å². The van der Waals surface area contributed by atoms with Crippen molar-refractivity contribution in [2.75, 3.05) is 28.4 Å². The van der Waals surface area contributed by atoms with E-state index in [1.165, 1.54) is 13.2 Å². The van der Waals surface area contributed by atoms with Gasteiger partial charge in [0.15, 0.2) is 23.0 Å². The van der Waals surface area contributed by atoms with Crippen molar-refractivity contribution in [2.24, 2.45) is 0 Å². The lowest BCUT2D eigenvalue weighted by atomic mass is 9.89. The average molecular weight is 396 g/mol. The minimum Gasteiger partial charge on any atom is -0.504 e. The Morgan fingerprint density at radius 1 is 0.828 bits per heavy atom. The van der Waals surface area contributed by atoms with Gasteiger partial charge < -0.3 is 28.8 Å². The van der Waals surface area contributed by atoms with Crippen LogP contribution in [-0.2, 0) is 11.3 Å². The maximum Gasteiger partial charge on any atom is 0.339 e. The van der Waals surface area contributed by atoms with Gasteiger partial charge in [-0.25, -0.2) is 4.79 Å². The number of phenols is 1. The van der Waals surface area contributed by atoms with Crippen molar-refractivity contribution in [3.05, 3.63) is 41.5 Å². The summed E-state index contributed by atoms with van der Waals surface area (Å²) < 4.78 is 27.2. The summed E-state index contributed by atoms with van der Waals surface area (Å²) in [6.07, 6.45) is 0. The lowest BCUT2D eigenvalue weighted by molar-refractivity contribution is 0.0535. The van der Waals surface area contributed by atoms with E-state index in [0.29, 0.717) is 45.3 Å². The van der Waals surface area contributed by atoms with Crippen molar-refractivity contribution >= 4 is 16.7 Å². The fraction of sp³-hybridized carbons (Fsp3) is 0.227. The third-order valence-electron chi connectivity index (χ3n) is 5.09. The zero-order valence-corrected chi connectivity index (χ0v) is 16.5. The summed E-state index contributed by atoms with van der Waals surface area (Å²) in [5, 5.41) is 11.5. The highest BCUT2D eigenvalue weighted by Gasteiger charge is 2.32. The largest absolute Gasteiger partial charge is 0.504 e. The zero-order chi connectivity index (χ0) is 20.7. The number of ether oxygens (including phenoxy) is 5. The van der Waals surface area contributed by atoms with Crippen LogP contribution < -0.4 is 18.9 Å². The Labute approximate surface area is 167 Å². The number of carbonyl (C=O) groups excluding carboxylic acids is 1. The Kier molecular flexibility index (Phi) is 4.58. The molecule has 0 saturated carbocycles. The Balaban J connectivity index is 2.18. The molecule has 0 amide bonds. The second-order valence-electron chi connectivity index (χ2n) is 6.48. The van der Waals surface area contributed by atoms with Crippen LogP contribution in [0.2, 0.25) is 0 Å². The van der Waals surface area contributed by atoms with Crippen molar-refractivity contribution in [1.29, 1.82) is 0 Å². The summed E-state index contributed by atoms with van der Waals surface area (Å²) >= 11 is 0. The van der Waals surface area contributed by atoms with Gasteiger partial charge in [0.2, 0.25) is 0 Å². The van der Waals surface area contributed by atoms with Crippen molar-refractivity contribution in [1.82, 2.24) is 0 Å². The van der Waals surface area contributed by atoms with Crippen LogP contribution in [0.4, 0.5) is 0 Å². The van der Waals surface area contributed by atoms with Crippen LogP contribution in [0.3, 0.4) is 0 Å². The van der Waals surface area contributed by atoms with Crippen LogP contribution in [0.5, 0.6) is 28.7 Å². The molecule has 7 heteroatoms. The smallest absolute Gasteiger partial charge is 0.339 e. The van der Waals surface area contributed by atoms with E-state index < -0.39 is 5.97 Å². The summed E-state index contributed by atoms with van der Waals surface area (Å²) in [4.78, 5) is 12.7. The van der Waals surface area contributed by atoms with Crippen LogP contribution in [0.15, 0.2) is 30.3 Å². The van der Waals surface area contributed by atoms with Gasteiger partial charge in [-0.15, -0.1) is 0 Å². The Morgan fingerprint density at radius 3 is 2.10 bits per heavy atom. The molecule has 0 fully saturated rings.